The molecule has 0 unspecified atom stereocenters. The predicted molar refractivity (Wildman–Crippen MR) is 74.2 cm³/mol. The van der Waals surface area contributed by atoms with Gasteiger partial charge in [0.05, 0.1) is 0 Å². The molecule has 1 saturated carbocycles. The van der Waals surface area contributed by atoms with Crippen molar-refractivity contribution in [2.75, 3.05) is 0 Å². The molecule has 0 spiro atoms. The van der Waals surface area contributed by atoms with Gasteiger partial charge in [0.15, 0.2) is 5.78 Å². The van der Waals surface area contributed by atoms with E-state index >= 15 is 0 Å². The maximum absolute atomic E-state index is 11.9. The molecule has 0 bridgehead atoms. The van der Waals surface area contributed by atoms with E-state index in [2.05, 4.69) is 24.4 Å². The molecule has 0 aromatic heterocycles. The van der Waals surface area contributed by atoms with Gasteiger partial charge in [-0.15, -0.1) is 0 Å². The molecule has 2 heteroatoms. The third kappa shape index (κ3) is 3.00. The molecule has 0 radical (unpaired) electrons. The summed E-state index contributed by atoms with van der Waals surface area (Å²) in [5.41, 5.74) is 3.31. The Bertz CT molecular complexity index is 447. The molecule has 1 aromatic carbocycles. The maximum Gasteiger partial charge on any atom is 0.160 e. The molecule has 1 fully saturated rings. The van der Waals surface area contributed by atoms with Gasteiger partial charge in [0, 0.05) is 23.7 Å². The van der Waals surface area contributed by atoms with Crippen LogP contribution in [0, 0.1) is 0 Å². The standard InChI is InChI=1S/C16H21NO/c1-12(14-8-4-3-5-9-14)17-13(2)15-10-6-7-11-16(15)18/h3-5,8-9,12,17H,6-7,10-11H2,1-2H3/b15-13+/t12-/m1/s1. The highest BCUT2D eigenvalue weighted by atomic mass is 16.1. The van der Waals surface area contributed by atoms with E-state index < -0.39 is 0 Å². The molecule has 0 amide bonds. The third-order valence-corrected chi connectivity index (χ3v) is 3.60. The van der Waals surface area contributed by atoms with Crippen molar-refractivity contribution in [2.24, 2.45) is 0 Å². The Balaban J connectivity index is 2.09. The molecular weight excluding hydrogens is 222 g/mol. The van der Waals surface area contributed by atoms with Crippen LogP contribution in [0.1, 0.15) is 51.1 Å². The van der Waals surface area contributed by atoms with Gasteiger partial charge in [0.25, 0.3) is 0 Å². The summed E-state index contributed by atoms with van der Waals surface area (Å²) in [6.07, 6.45) is 3.83. The van der Waals surface area contributed by atoms with Crippen molar-refractivity contribution in [3.05, 3.63) is 47.2 Å². The maximum atomic E-state index is 11.9. The number of benzene rings is 1. The molecule has 1 aliphatic carbocycles. The van der Waals surface area contributed by atoms with Crippen LogP contribution >= 0.6 is 0 Å². The van der Waals surface area contributed by atoms with Crippen LogP contribution < -0.4 is 5.32 Å². The fourth-order valence-electron chi connectivity index (χ4n) is 2.51. The Kier molecular flexibility index (Phi) is 4.19. The van der Waals surface area contributed by atoms with Crippen molar-refractivity contribution in [1.29, 1.82) is 0 Å². The molecular formula is C16H21NO. The van der Waals surface area contributed by atoms with Gasteiger partial charge in [-0.05, 0) is 38.7 Å². The topological polar surface area (TPSA) is 29.1 Å². The van der Waals surface area contributed by atoms with Crippen LogP contribution in [0.25, 0.3) is 0 Å². The number of hydrogen-bond acceptors (Lipinski definition) is 2. The van der Waals surface area contributed by atoms with Gasteiger partial charge in [0.2, 0.25) is 0 Å². The largest absolute Gasteiger partial charge is 0.382 e. The summed E-state index contributed by atoms with van der Waals surface area (Å²) < 4.78 is 0. The van der Waals surface area contributed by atoms with E-state index in [4.69, 9.17) is 0 Å². The molecule has 96 valence electrons. The SMILES string of the molecule is C/C(N[C@H](C)c1ccccc1)=C1/CCCCC1=O. The second-order valence-corrected chi connectivity index (χ2v) is 5.01. The summed E-state index contributed by atoms with van der Waals surface area (Å²) in [5, 5.41) is 3.46. The highest BCUT2D eigenvalue weighted by Gasteiger charge is 2.18. The molecule has 2 nitrogen and oxygen atoms in total. The predicted octanol–water partition coefficient (Wildman–Crippen LogP) is 3.75. The second-order valence-electron chi connectivity index (χ2n) is 5.01. The molecule has 0 saturated heterocycles. The minimum absolute atomic E-state index is 0.244. The summed E-state index contributed by atoms with van der Waals surface area (Å²) >= 11 is 0. The lowest BCUT2D eigenvalue weighted by atomic mass is 9.92. The zero-order valence-corrected chi connectivity index (χ0v) is 11.2. The van der Waals surface area contributed by atoms with Crippen LogP contribution in [0.15, 0.2) is 41.6 Å². The first-order chi connectivity index (χ1) is 8.68. The summed E-state index contributed by atoms with van der Waals surface area (Å²) in [6.45, 7) is 4.16. The molecule has 1 N–H and O–H groups in total. The average Bonchev–Trinajstić information content (AvgIpc) is 2.40. The Morgan fingerprint density at radius 1 is 1.17 bits per heavy atom. The van der Waals surface area contributed by atoms with Crippen LogP contribution in [0.4, 0.5) is 0 Å². The molecule has 18 heavy (non-hydrogen) atoms. The lowest BCUT2D eigenvalue weighted by Gasteiger charge is -2.21. The lowest BCUT2D eigenvalue weighted by Crippen LogP contribution is -2.21. The second kappa shape index (κ2) is 5.85. The Morgan fingerprint density at radius 3 is 2.50 bits per heavy atom. The van der Waals surface area contributed by atoms with Crippen molar-refractivity contribution >= 4 is 5.78 Å². The van der Waals surface area contributed by atoms with Gasteiger partial charge in [0.1, 0.15) is 0 Å². The van der Waals surface area contributed by atoms with Crippen molar-refractivity contribution in [1.82, 2.24) is 5.32 Å². The van der Waals surface area contributed by atoms with E-state index in [1.54, 1.807) is 0 Å². The fraction of sp³-hybridized carbons (Fsp3) is 0.438. The molecule has 2 rings (SSSR count). The van der Waals surface area contributed by atoms with Gasteiger partial charge in [-0.2, -0.15) is 0 Å². The highest BCUT2D eigenvalue weighted by molar-refractivity contribution is 5.96. The van der Waals surface area contributed by atoms with Crippen LogP contribution in [-0.2, 0) is 4.79 Å². The summed E-state index contributed by atoms with van der Waals surface area (Å²) in [5.74, 6) is 0.325. The number of carbonyl (C=O) groups is 1. The van der Waals surface area contributed by atoms with Crippen molar-refractivity contribution in [3.63, 3.8) is 0 Å². The average molecular weight is 243 g/mol. The van der Waals surface area contributed by atoms with Crippen molar-refractivity contribution in [3.8, 4) is 0 Å². The van der Waals surface area contributed by atoms with Gasteiger partial charge in [-0.3, -0.25) is 4.79 Å². The van der Waals surface area contributed by atoms with Crippen LogP contribution in [0.5, 0.6) is 0 Å². The van der Waals surface area contributed by atoms with Crippen molar-refractivity contribution in [2.45, 2.75) is 45.6 Å². The van der Waals surface area contributed by atoms with Crippen LogP contribution in [0.3, 0.4) is 0 Å². The van der Waals surface area contributed by atoms with E-state index in [0.29, 0.717) is 12.2 Å². The summed E-state index contributed by atoms with van der Waals surface area (Å²) in [4.78, 5) is 11.9. The zero-order valence-electron chi connectivity index (χ0n) is 11.2. The quantitative estimate of drug-likeness (QED) is 0.819. The molecule has 1 atom stereocenters. The lowest BCUT2D eigenvalue weighted by molar-refractivity contribution is -0.116. The van der Waals surface area contributed by atoms with E-state index in [0.717, 1.165) is 30.5 Å². The normalized spacial score (nSPS) is 20.4. The first-order valence-electron chi connectivity index (χ1n) is 6.73. The third-order valence-electron chi connectivity index (χ3n) is 3.60. The van der Waals surface area contributed by atoms with Gasteiger partial charge in [-0.1, -0.05) is 30.3 Å². The Labute approximate surface area is 109 Å². The number of rotatable bonds is 3. The number of Topliss-reactive ketones (excluding diaryl/α,β-unsaturated/α-hetero) is 1. The molecule has 1 aromatic rings. The number of allylic oxidation sites excluding steroid dienone is 2. The number of carbonyl (C=O) groups excluding carboxylic acids is 1. The van der Waals surface area contributed by atoms with E-state index in [1.165, 1.54) is 5.56 Å². The van der Waals surface area contributed by atoms with Gasteiger partial charge < -0.3 is 5.32 Å². The molecule has 1 aliphatic rings. The van der Waals surface area contributed by atoms with E-state index in [9.17, 15) is 4.79 Å². The van der Waals surface area contributed by atoms with Crippen molar-refractivity contribution < 1.29 is 4.79 Å². The monoisotopic (exact) mass is 243 g/mol. The van der Waals surface area contributed by atoms with Crippen LogP contribution in [-0.4, -0.2) is 5.78 Å². The minimum atomic E-state index is 0.244. The van der Waals surface area contributed by atoms with E-state index in [-0.39, 0.29) is 6.04 Å². The zero-order chi connectivity index (χ0) is 13.0. The number of nitrogens with one attached hydrogen (secondary N) is 1. The first-order valence-corrected chi connectivity index (χ1v) is 6.73. The van der Waals surface area contributed by atoms with Gasteiger partial charge in [-0.25, -0.2) is 0 Å². The fourth-order valence-corrected chi connectivity index (χ4v) is 2.51. The van der Waals surface area contributed by atoms with Crippen LogP contribution in [0.2, 0.25) is 0 Å². The number of hydrogen-bond donors (Lipinski definition) is 1. The Hall–Kier alpha value is -1.57. The minimum Gasteiger partial charge on any atom is -0.382 e. The van der Waals surface area contributed by atoms with Gasteiger partial charge >= 0.3 is 0 Å². The molecule has 0 aliphatic heterocycles. The highest BCUT2D eigenvalue weighted by Crippen LogP contribution is 2.23. The first kappa shape index (κ1) is 12.9. The molecule has 0 heterocycles. The Morgan fingerprint density at radius 2 is 1.83 bits per heavy atom. The van der Waals surface area contributed by atoms with E-state index in [1.807, 2.05) is 25.1 Å². The smallest absolute Gasteiger partial charge is 0.160 e. The summed E-state index contributed by atoms with van der Waals surface area (Å²) in [7, 11) is 0. The summed E-state index contributed by atoms with van der Waals surface area (Å²) in [6, 6.07) is 10.6. The number of ketones is 1.